The van der Waals surface area contributed by atoms with Crippen LogP contribution in [0.15, 0.2) is 16.8 Å². The number of hydrogen-bond acceptors (Lipinski definition) is 6. The lowest BCUT2D eigenvalue weighted by atomic mass is 9.96. The first kappa shape index (κ1) is 18.9. The summed E-state index contributed by atoms with van der Waals surface area (Å²) >= 11 is 1.74. The van der Waals surface area contributed by atoms with Gasteiger partial charge in [0.15, 0.2) is 0 Å². The van der Waals surface area contributed by atoms with E-state index in [1.54, 1.807) is 23.7 Å². The van der Waals surface area contributed by atoms with E-state index < -0.39 is 0 Å². The van der Waals surface area contributed by atoms with Crippen LogP contribution in [0, 0.1) is 33.6 Å². The third kappa shape index (κ3) is 3.51. The first-order valence-corrected chi connectivity index (χ1v) is 10.6. The van der Waals surface area contributed by atoms with Crippen LogP contribution < -0.4 is 10.2 Å². The molecule has 0 aromatic carbocycles. The van der Waals surface area contributed by atoms with Crippen LogP contribution in [0.1, 0.15) is 45.2 Å². The molecular formula is C21H26N4O2S. The van der Waals surface area contributed by atoms with E-state index in [-0.39, 0.29) is 5.91 Å². The highest BCUT2D eigenvalue weighted by atomic mass is 32.1. The predicted octanol–water partition coefficient (Wildman–Crippen LogP) is 4.16. The van der Waals surface area contributed by atoms with E-state index in [9.17, 15) is 4.79 Å². The van der Waals surface area contributed by atoms with Crippen molar-refractivity contribution in [3.8, 4) is 0 Å². The fourth-order valence-electron chi connectivity index (χ4n) is 3.94. The molecule has 1 N–H and O–H groups in total. The van der Waals surface area contributed by atoms with Gasteiger partial charge in [0, 0.05) is 24.5 Å². The van der Waals surface area contributed by atoms with Crippen LogP contribution in [-0.4, -0.2) is 35.5 Å². The monoisotopic (exact) mass is 398 g/mol. The maximum Gasteiger partial charge on any atom is 0.254 e. The molecule has 7 heteroatoms. The van der Waals surface area contributed by atoms with E-state index in [0.717, 1.165) is 42.3 Å². The van der Waals surface area contributed by atoms with Gasteiger partial charge in [0.05, 0.1) is 10.9 Å². The number of piperidine rings is 1. The molecule has 6 nitrogen and oxygen atoms in total. The molecule has 3 aromatic rings. The van der Waals surface area contributed by atoms with Crippen LogP contribution in [0.4, 0.5) is 5.82 Å². The van der Waals surface area contributed by atoms with Crippen molar-refractivity contribution < 1.29 is 9.21 Å². The van der Waals surface area contributed by atoms with Gasteiger partial charge in [-0.05, 0) is 58.1 Å². The average molecular weight is 399 g/mol. The normalized spacial score (nSPS) is 15.4. The molecule has 1 fully saturated rings. The molecule has 28 heavy (non-hydrogen) atoms. The van der Waals surface area contributed by atoms with Crippen LogP contribution in [0.25, 0.3) is 10.2 Å². The van der Waals surface area contributed by atoms with Gasteiger partial charge in [-0.25, -0.2) is 9.97 Å². The van der Waals surface area contributed by atoms with Gasteiger partial charge in [0.1, 0.15) is 28.5 Å². The van der Waals surface area contributed by atoms with Gasteiger partial charge in [0.25, 0.3) is 5.91 Å². The number of amides is 1. The minimum Gasteiger partial charge on any atom is -0.466 e. The van der Waals surface area contributed by atoms with Crippen molar-refractivity contribution in [1.29, 1.82) is 0 Å². The fourth-order valence-corrected chi connectivity index (χ4v) is 4.93. The van der Waals surface area contributed by atoms with E-state index in [4.69, 9.17) is 4.42 Å². The Kier molecular flexibility index (Phi) is 5.10. The van der Waals surface area contributed by atoms with Gasteiger partial charge in [-0.2, -0.15) is 0 Å². The zero-order valence-electron chi connectivity index (χ0n) is 16.8. The number of fused-ring (bicyclic) bond motifs is 1. The number of aryl methyl sites for hydroxylation is 4. The number of carbonyl (C=O) groups excluding carboxylic acids is 1. The summed E-state index contributed by atoms with van der Waals surface area (Å²) in [5.74, 6) is 2.94. The Bertz CT molecular complexity index is 1020. The van der Waals surface area contributed by atoms with Crippen molar-refractivity contribution in [1.82, 2.24) is 15.3 Å². The Morgan fingerprint density at radius 3 is 2.68 bits per heavy atom. The number of carbonyl (C=O) groups is 1. The zero-order valence-corrected chi connectivity index (χ0v) is 17.7. The Hall–Kier alpha value is -2.41. The Morgan fingerprint density at radius 1 is 1.25 bits per heavy atom. The lowest BCUT2D eigenvalue weighted by Gasteiger charge is -2.33. The highest BCUT2D eigenvalue weighted by molar-refractivity contribution is 7.18. The highest BCUT2D eigenvalue weighted by Gasteiger charge is 2.24. The van der Waals surface area contributed by atoms with Crippen molar-refractivity contribution in [2.75, 3.05) is 24.5 Å². The third-order valence-electron chi connectivity index (χ3n) is 5.70. The quantitative estimate of drug-likeness (QED) is 0.714. The highest BCUT2D eigenvalue weighted by Crippen LogP contribution is 2.35. The van der Waals surface area contributed by atoms with Gasteiger partial charge in [-0.1, -0.05) is 0 Å². The number of furan rings is 1. The van der Waals surface area contributed by atoms with Gasteiger partial charge in [-0.3, -0.25) is 4.79 Å². The molecule has 0 saturated carbocycles. The number of thiophene rings is 1. The molecule has 0 unspecified atom stereocenters. The van der Waals surface area contributed by atoms with Gasteiger partial charge in [0.2, 0.25) is 0 Å². The summed E-state index contributed by atoms with van der Waals surface area (Å²) in [4.78, 5) is 26.2. The van der Waals surface area contributed by atoms with Crippen molar-refractivity contribution in [2.24, 2.45) is 5.92 Å². The van der Waals surface area contributed by atoms with Crippen LogP contribution in [0.5, 0.6) is 0 Å². The summed E-state index contributed by atoms with van der Waals surface area (Å²) in [7, 11) is 0. The number of anilines is 1. The molecule has 1 saturated heterocycles. The summed E-state index contributed by atoms with van der Waals surface area (Å²) in [6.07, 6.45) is 3.75. The van der Waals surface area contributed by atoms with Gasteiger partial charge < -0.3 is 14.6 Å². The van der Waals surface area contributed by atoms with Crippen LogP contribution >= 0.6 is 11.3 Å². The minimum atomic E-state index is -0.0429. The zero-order chi connectivity index (χ0) is 19.8. The SMILES string of the molecule is Cc1cc(C(=O)NCC2CCN(c3ncnc4sc(C)c(C)c34)CC2)c(C)o1. The standard InChI is InChI=1S/C21H26N4O2S/c1-12-9-17(14(3)27-12)20(26)22-10-16-5-7-25(8-6-16)19-18-13(2)15(4)28-21(18)24-11-23-19/h9,11,16H,5-8,10H2,1-4H3,(H,22,26). The maximum atomic E-state index is 12.4. The summed E-state index contributed by atoms with van der Waals surface area (Å²) in [5.41, 5.74) is 1.93. The van der Waals surface area contributed by atoms with Crippen LogP contribution in [-0.2, 0) is 0 Å². The Labute approximate surface area is 169 Å². The molecule has 4 rings (SSSR count). The van der Waals surface area contributed by atoms with Crippen molar-refractivity contribution in [2.45, 2.75) is 40.5 Å². The average Bonchev–Trinajstić information content (AvgIpc) is 3.18. The Morgan fingerprint density at radius 2 is 2.00 bits per heavy atom. The predicted molar refractivity (Wildman–Crippen MR) is 112 cm³/mol. The summed E-state index contributed by atoms with van der Waals surface area (Å²) in [6, 6.07) is 1.80. The third-order valence-corrected chi connectivity index (χ3v) is 6.81. The van der Waals surface area contributed by atoms with Crippen LogP contribution in [0.2, 0.25) is 0 Å². The largest absolute Gasteiger partial charge is 0.466 e. The topological polar surface area (TPSA) is 71.3 Å². The molecule has 0 aliphatic carbocycles. The first-order valence-electron chi connectivity index (χ1n) is 9.75. The number of rotatable bonds is 4. The van der Waals surface area contributed by atoms with E-state index in [1.165, 1.54) is 15.8 Å². The van der Waals surface area contributed by atoms with E-state index in [0.29, 0.717) is 23.8 Å². The molecule has 148 valence electrons. The lowest BCUT2D eigenvalue weighted by molar-refractivity contribution is 0.0943. The smallest absolute Gasteiger partial charge is 0.254 e. The number of nitrogens with zero attached hydrogens (tertiary/aromatic N) is 3. The molecule has 0 spiro atoms. The molecule has 0 atom stereocenters. The molecule has 1 aliphatic heterocycles. The van der Waals surface area contributed by atoms with Crippen LogP contribution in [0.3, 0.4) is 0 Å². The Balaban J connectivity index is 1.38. The molecule has 0 radical (unpaired) electrons. The molecule has 1 amide bonds. The second kappa shape index (κ2) is 7.54. The van der Waals surface area contributed by atoms with E-state index in [1.807, 2.05) is 13.8 Å². The van der Waals surface area contributed by atoms with E-state index in [2.05, 4.69) is 34.0 Å². The second-order valence-corrected chi connectivity index (χ2v) is 8.83. The lowest BCUT2D eigenvalue weighted by Crippen LogP contribution is -2.39. The molecule has 3 aromatic heterocycles. The van der Waals surface area contributed by atoms with Crippen molar-refractivity contribution >= 4 is 33.3 Å². The molecule has 1 aliphatic rings. The molecular weight excluding hydrogens is 372 g/mol. The molecule has 4 heterocycles. The first-order chi connectivity index (χ1) is 13.4. The maximum absolute atomic E-state index is 12.4. The van der Waals surface area contributed by atoms with E-state index >= 15 is 0 Å². The summed E-state index contributed by atoms with van der Waals surface area (Å²) < 4.78 is 5.46. The fraction of sp³-hybridized carbons (Fsp3) is 0.476. The summed E-state index contributed by atoms with van der Waals surface area (Å²) in [6.45, 7) is 10.6. The number of hydrogen-bond donors (Lipinski definition) is 1. The minimum absolute atomic E-state index is 0.0429. The van der Waals surface area contributed by atoms with Gasteiger partial charge >= 0.3 is 0 Å². The molecule has 0 bridgehead atoms. The van der Waals surface area contributed by atoms with Crippen molar-refractivity contribution in [3.05, 3.63) is 39.9 Å². The van der Waals surface area contributed by atoms with Gasteiger partial charge in [-0.15, -0.1) is 11.3 Å². The number of nitrogens with one attached hydrogen (secondary N) is 1. The second-order valence-electron chi connectivity index (χ2n) is 7.63. The summed E-state index contributed by atoms with van der Waals surface area (Å²) in [5, 5.41) is 4.27. The van der Waals surface area contributed by atoms with Crippen molar-refractivity contribution in [3.63, 3.8) is 0 Å². The number of aromatic nitrogens is 2.